The molecule has 0 bridgehead atoms. The standard InChI is InChI=1S/C15H10BrClFNOS/c16-10-8-9(3-4-11(10)18)19-15(12-2-1-7-20-12)13-5-6-14(17)21-13/h1-8,15,19H. The maximum atomic E-state index is 13.3. The zero-order chi connectivity index (χ0) is 14.8. The number of nitrogens with one attached hydrogen (secondary N) is 1. The molecule has 0 saturated heterocycles. The van der Waals surface area contributed by atoms with Gasteiger partial charge in [-0.25, -0.2) is 4.39 Å². The normalized spacial score (nSPS) is 12.3. The minimum Gasteiger partial charge on any atom is -0.467 e. The predicted molar refractivity (Wildman–Crippen MR) is 87.6 cm³/mol. The molecule has 0 fully saturated rings. The van der Waals surface area contributed by atoms with Gasteiger partial charge in [0.25, 0.3) is 0 Å². The maximum absolute atomic E-state index is 13.3. The molecule has 1 aromatic carbocycles. The first-order valence-corrected chi connectivity index (χ1v) is 8.12. The highest BCUT2D eigenvalue weighted by molar-refractivity contribution is 9.10. The lowest BCUT2D eigenvalue weighted by atomic mass is 10.1. The largest absolute Gasteiger partial charge is 0.467 e. The van der Waals surface area contributed by atoms with E-state index in [4.69, 9.17) is 16.0 Å². The Hall–Kier alpha value is -1.30. The molecule has 3 rings (SSSR count). The van der Waals surface area contributed by atoms with Crippen molar-refractivity contribution in [3.63, 3.8) is 0 Å². The monoisotopic (exact) mass is 385 g/mol. The second kappa shape index (κ2) is 6.22. The third kappa shape index (κ3) is 3.31. The Kier molecular flexibility index (Phi) is 4.33. The zero-order valence-electron chi connectivity index (χ0n) is 10.6. The molecule has 1 atom stereocenters. The van der Waals surface area contributed by atoms with Crippen LogP contribution in [0.1, 0.15) is 16.7 Å². The summed E-state index contributed by atoms with van der Waals surface area (Å²) >= 11 is 10.7. The molecule has 0 radical (unpaired) electrons. The number of halogens is 3. The van der Waals surface area contributed by atoms with Crippen LogP contribution >= 0.6 is 38.9 Å². The van der Waals surface area contributed by atoms with E-state index in [1.807, 2.05) is 24.3 Å². The lowest BCUT2D eigenvalue weighted by molar-refractivity contribution is 0.500. The summed E-state index contributed by atoms with van der Waals surface area (Å²) in [4.78, 5) is 1.02. The van der Waals surface area contributed by atoms with Crippen LogP contribution in [0.2, 0.25) is 4.34 Å². The summed E-state index contributed by atoms with van der Waals surface area (Å²) in [6, 6.07) is 12.1. The Morgan fingerprint density at radius 1 is 1.24 bits per heavy atom. The first-order valence-electron chi connectivity index (χ1n) is 6.14. The Bertz CT molecular complexity index is 744. The molecule has 0 aliphatic carbocycles. The van der Waals surface area contributed by atoms with Gasteiger partial charge in [-0.2, -0.15) is 0 Å². The lowest BCUT2D eigenvalue weighted by Gasteiger charge is -2.17. The van der Waals surface area contributed by atoms with Gasteiger partial charge >= 0.3 is 0 Å². The van der Waals surface area contributed by atoms with Crippen molar-refractivity contribution in [1.29, 1.82) is 0 Å². The minimum atomic E-state index is -0.297. The first kappa shape index (κ1) is 14.6. The molecule has 2 aromatic heterocycles. The fourth-order valence-corrected chi connectivity index (χ4v) is 3.47. The van der Waals surface area contributed by atoms with E-state index in [2.05, 4.69) is 21.2 Å². The summed E-state index contributed by atoms with van der Waals surface area (Å²) in [7, 11) is 0. The highest BCUT2D eigenvalue weighted by Crippen LogP contribution is 2.34. The maximum Gasteiger partial charge on any atom is 0.137 e. The van der Waals surface area contributed by atoms with Gasteiger partial charge in [0.15, 0.2) is 0 Å². The Labute approximate surface area is 138 Å². The van der Waals surface area contributed by atoms with Gasteiger partial charge in [-0.05, 0) is 58.4 Å². The molecule has 0 amide bonds. The SMILES string of the molecule is Fc1ccc(NC(c2ccco2)c2ccc(Cl)s2)cc1Br. The van der Waals surface area contributed by atoms with Crippen LogP contribution in [0.25, 0.3) is 0 Å². The van der Waals surface area contributed by atoms with Gasteiger partial charge in [-0.3, -0.25) is 0 Å². The van der Waals surface area contributed by atoms with Crippen molar-refractivity contribution in [2.24, 2.45) is 0 Å². The van der Waals surface area contributed by atoms with E-state index in [-0.39, 0.29) is 11.9 Å². The van der Waals surface area contributed by atoms with Crippen LogP contribution in [0.15, 0.2) is 57.6 Å². The quantitative estimate of drug-likeness (QED) is 0.586. The van der Waals surface area contributed by atoms with Gasteiger partial charge < -0.3 is 9.73 Å². The summed E-state index contributed by atoms with van der Waals surface area (Å²) in [5.41, 5.74) is 0.786. The highest BCUT2D eigenvalue weighted by atomic mass is 79.9. The van der Waals surface area contributed by atoms with E-state index in [9.17, 15) is 4.39 Å². The molecular formula is C15H10BrClFNOS. The molecule has 0 aliphatic heterocycles. The lowest BCUT2D eigenvalue weighted by Crippen LogP contribution is -2.10. The molecule has 1 unspecified atom stereocenters. The summed E-state index contributed by atoms with van der Waals surface area (Å²) in [6.45, 7) is 0. The highest BCUT2D eigenvalue weighted by Gasteiger charge is 2.19. The number of hydrogen-bond donors (Lipinski definition) is 1. The molecule has 0 aliphatic rings. The van der Waals surface area contributed by atoms with Gasteiger partial charge in [-0.15, -0.1) is 11.3 Å². The third-order valence-corrected chi connectivity index (χ3v) is 4.84. The number of anilines is 1. The van der Waals surface area contributed by atoms with Gasteiger partial charge in [0, 0.05) is 10.6 Å². The summed E-state index contributed by atoms with van der Waals surface area (Å²) in [5.74, 6) is 0.475. The van der Waals surface area contributed by atoms with E-state index >= 15 is 0 Å². The van der Waals surface area contributed by atoms with Crippen LogP contribution in [0, 0.1) is 5.82 Å². The number of thiophene rings is 1. The van der Waals surface area contributed by atoms with Crippen LogP contribution in [0.4, 0.5) is 10.1 Å². The van der Waals surface area contributed by atoms with E-state index in [1.165, 1.54) is 17.4 Å². The number of rotatable bonds is 4. The van der Waals surface area contributed by atoms with Crippen molar-refractivity contribution in [2.75, 3.05) is 5.32 Å². The average Bonchev–Trinajstić information content (AvgIpc) is 3.11. The summed E-state index contributed by atoms with van der Waals surface area (Å²) < 4.78 is 20.0. The molecule has 3 aromatic rings. The van der Waals surface area contributed by atoms with E-state index < -0.39 is 0 Å². The first-order chi connectivity index (χ1) is 10.1. The van der Waals surface area contributed by atoms with E-state index in [0.29, 0.717) is 8.81 Å². The fraction of sp³-hybridized carbons (Fsp3) is 0.0667. The molecular weight excluding hydrogens is 377 g/mol. The second-order valence-electron chi connectivity index (χ2n) is 4.36. The fourth-order valence-electron chi connectivity index (χ4n) is 1.97. The van der Waals surface area contributed by atoms with Crippen molar-refractivity contribution < 1.29 is 8.81 Å². The zero-order valence-corrected chi connectivity index (χ0v) is 13.8. The van der Waals surface area contributed by atoms with Crippen LogP contribution in [-0.4, -0.2) is 0 Å². The number of benzene rings is 1. The number of hydrogen-bond acceptors (Lipinski definition) is 3. The van der Waals surface area contributed by atoms with Gasteiger partial charge in [0.2, 0.25) is 0 Å². The van der Waals surface area contributed by atoms with E-state index in [1.54, 1.807) is 18.4 Å². The summed E-state index contributed by atoms with van der Waals surface area (Å²) in [6.07, 6.45) is 1.62. The van der Waals surface area contributed by atoms with Crippen molar-refractivity contribution in [3.8, 4) is 0 Å². The van der Waals surface area contributed by atoms with Gasteiger partial charge in [0.1, 0.15) is 17.6 Å². The third-order valence-electron chi connectivity index (χ3n) is 2.94. The molecule has 21 heavy (non-hydrogen) atoms. The average molecular weight is 387 g/mol. The van der Waals surface area contributed by atoms with Crippen molar-refractivity contribution in [3.05, 3.63) is 74.0 Å². The van der Waals surface area contributed by atoms with Crippen molar-refractivity contribution in [1.82, 2.24) is 0 Å². The van der Waals surface area contributed by atoms with Crippen molar-refractivity contribution >= 4 is 44.6 Å². The molecule has 0 saturated carbocycles. The van der Waals surface area contributed by atoms with Crippen LogP contribution in [0.5, 0.6) is 0 Å². The molecule has 2 nitrogen and oxygen atoms in total. The molecule has 2 heterocycles. The topological polar surface area (TPSA) is 25.2 Å². The van der Waals surface area contributed by atoms with Crippen LogP contribution in [-0.2, 0) is 0 Å². The van der Waals surface area contributed by atoms with Gasteiger partial charge in [0.05, 0.1) is 15.1 Å². The second-order valence-corrected chi connectivity index (χ2v) is 6.96. The number of furan rings is 1. The van der Waals surface area contributed by atoms with E-state index in [0.717, 1.165) is 16.3 Å². The predicted octanol–water partition coefficient (Wildman–Crippen LogP) is 6.10. The molecule has 0 spiro atoms. The molecule has 1 N–H and O–H groups in total. The Morgan fingerprint density at radius 3 is 2.71 bits per heavy atom. The smallest absolute Gasteiger partial charge is 0.137 e. The molecule has 108 valence electrons. The van der Waals surface area contributed by atoms with Crippen LogP contribution < -0.4 is 5.32 Å². The Morgan fingerprint density at radius 2 is 2.10 bits per heavy atom. The Balaban J connectivity index is 1.94. The van der Waals surface area contributed by atoms with Crippen LogP contribution in [0.3, 0.4) is 0 Å². The minimum absolute atomic E-state index is 0.171. The van der Waals surface area contributed by atoms with Crippen molar-refractivity contribution in [2.45, 2.75) is 6.04 Å². The van der Waals surface area contributed by atoms with Gasteiger partial charge in [-0.1, -0.05) is 11.6 Å². The summed E-state index contributed by atoms with van der Waals surface area (Å²) in [5, 5.41) is 3.34. The molecule has 6 heteroatoms.